The summed E-state index contributed by atoms with van der Waals surface area (Å²) in [6, 6.07) is 5.72. The van der Waals surface area contributed by atoms with Crippen molar-refractivity contribution in [2.24, 2.45) is 5.92 Å². The summed E-state index contributed by atoms with van der Waals surface area (Å²) in [5.74, 6) is 1.13. The topological polar surface area (TPSA) is 47.6 Å². The Labute approximate surface area is 140 Å². The maximum absolute atomic E-state index is 12.5. The van der Waals surface area contributed by atoms with Crippen molar-refractivity contribution in [2.45, 2.75) is 59.5 Å². The standard InChI is InChI=1S/C19H31NO3/c1-7-8-11-23-17-10-9-16(12-15(17)4)20-18(21)19(5,22-6)13-14(2)3/h9-10,12,14H,7-8,11,13H2,1-6H3,(H,20,21)/t19-/m0/s1. The van der Waals surface area contributed by atoms with E-state index in [2.05, 4.69) is 26.1 Å². The Kier molecular flexibility index (Phi) is 7.56. The molecule has 130 valence electrons. The van der Waals surface area contributed by atoms with E-state index in [1.54, 1.807) is 7.11 Å². The van der Waals surface area contributed by atoms with Gasteiger partial charge >= 0.3 is 0 Å². The number of methoxy groups -OCH3 is 1. The molecule has 0 saturated carbocycles. The summed E-state index contributed by atoms with van der Waals surface area (Å²) in [7, 11) is 1.58. The van der Waals surface area contributed by atoms with E-state index in [1.165, 1.54) is 0 Å². The highest BCUT2D eigenvalue weighted by Gasteiger charge is 2.33. The predicted molar refractivity (Wildman–Crippen MR) is 95.1 cm³/mol. The second-order valence-corrected chi connectivity index (χ2v) is 6.67. The Bertz CT molecular complexity index is 513. The first kappa shape index (κ1) is 19.5. The fourth-order valence-electron chi connectivity index (χ4n) is 2.53. The van der Waals surface area contributed by atoms with Gasteiger partial charge in [0, 0.05) is 12.8 Å². The monoisotopic (exact) mass is 321 g/mol. The minimum Gasteiger partial charge on any atom is -0.493 e. The van der Waals surface area contributed by atoms with Gasteiger partial charge in [0.15, 0.2) is 0 Å². The molecule has 0 heterocycles. The predicted octanol–water partition coefficient (Wildman–Crippen LogP) is 4.56. The summed E-state index contributed by atoms with van der Waals surface area (Å²) in [6.45, 7) is 10.8. The van der Waals surface area contributed by atoms with E-state index >= 15 is 0 Å². The zero-order valence-corrected chi connectivity index (χ0v) is 15.4. The molecule has 0 unspecified atom stereocenters. The van der Waals surface area contributed by atoms with E-state index in [9.17, 15) is 4.79 Å². The summed E-state index contributed by atoms with van der Waals surface area (Å²) in [5.41, 5.74) is 0.961. The Morgan fingerprint density at radius 2 is 2.04 bits per heavy atom. The van der Waals surface area contributed by atoms with Crippen molar-refractivity contribution in [3.05, 3.63) is 23.8 Å². The SMILES string of the molecule is CCCCOc1ccc(NC(=O)[C@](C)(CC(C)C)OC)cc1C. The van der Waals surface area contributed by atoms with Gasteiger partial charge in [-0.1, -0.05) is 27.2 Å². The zero-order chi connectivity index (χ0) is 17.5. The van der Waals surface area contributed by atoms with Crippen LogP contribution in [0, 0.1) is 12.8 Å². The lowest BCUT2D eigenvalue weighted by molar-refractivity contribution is -0.137. The molecule has 4 heteroatoms. The van der Waals surface area contributed by atoms with Crippen molar-refractivity contribution in [1.82, 2.24) is 0 Å². The quantitative estimate of drug-likeness (QED) is 0.678. The molecule has 1 rings (SSSR count). The van der Waals surface area contributed by atoms with E-state index in [-0.39, 0.29) is 5.91 Å². The van der Waals surface area contributed by atoms with Crippen LogP contribution in [-0.4, -0.2) is 25.2 Å². The molecule has 0 radical (unpaired) electrons. The average molecular weight is 321 g/mol. The normalized spacial score (nSPS) is 13.7. The Morgan fingerprint density at radius 3 is 2.57 bits per heavy atom. The van der Waals surface area contributed by atoms with Gasteiger partial charge in [-0.3, -0.25) is 4.79 Å². The van der Waals surface area contributed by atoms with E-state index in [1.807, 2.05) is 32.0 Å². The van der Waals surface area contributed by atoms with Gasteiger partial charge in [0.1, 0.15) is 11.4 Å². The molecule has 0 bridgehead atoms. The average Bonchev–Trinajstić information content (AvgIpc) is 2.48. The molecule has 0 aromatic heterocycles. The van der Waals surface area contributed by atoms with Crippen LogP contribution < -0.4 is 10.1 Å². The maximum atomic E-state index is 12.5. The van der Waals surface area contributed by atoms with Crippen LogP contribution in [0.2, 0.25) is 0 Å². The Hall–Kier alpha value is -1.55. The van der Waals surface area contributed by atoms with Gasteiger partial charge in [0.05, 0.1) is 6.61 Å². The first-order valence-electron chi connectivity index (χ1n) is 8.42. The van der Waals surface area contributed by atoms with Crippen molar-refractivity contribution in [3.8, 4) is 5.75 Å². The highest BCUT2D eigenvalue weighted by atomic mass is 16.5. The van der Waals surface area contributed by atoms with Crippen LogP contribution >= 0.6 is 0 Å². The fraction of sp³-hybridized carbons (Fsp3) is 0.632. The molecule has 1 aromatic carbocycles. The zero-order valence-electron chi connectivity index (χ0n) is 15.4. The number of rotatable bonds is 9. The number of carbonyl (C=O) groups is 1. The third kappa shape index (κ3) is 5.87. The summed E-state index contributed by atoms with van der Waals surface area (Å²) in [5, 5.41) is 2.95. The van der Waals surface area contributed by atoms with E-state index < -0.39 is 5.60 Å². The molecule has 23 heavy (non-hydrogen) atoms. The minimum atomic E-state index is -0.821. The lowest BCUT2D eigenvalue weighted by Gasteiger charge is -2.28. The highest BCUT2D eigenvalue weighted by Crippen LogP contribution is 2.25. The van der Waals surface area contributed by atoms with Crippen LogP contribution in [0.5, 0.6) is 5.75 Å². The lowest BCUT2D eigenvalue weighted by atomic mass is 9.93. The van der Waals surface area contributed by atoms with E-state index in [4.69, 9.17) is 9.47 Å². The van der Waals surface area contributed by atoms with Gasteiger partial charge in [-0.15, -0.1) is 0 Å². The number of aryl methyl sites for hydroxylation is 1. The van der Waals surface area contributed by atoms with Gasteiger partial charge < -0.3 is 14.8 Å². The van der Waals surface area contributed by atoms with Crippen LogP contribution in [0.25, 0.3) is 0 Å². The van der Waals surface area contributed by atoms with Crippen molar-refractivity contribution in [2.75, 3.05) is 19.0 Å². The number of hydrogen-bond donors (Lipinski definition) is 1. The molecule has 1 N–H and O–H groups in total. The van der Waals surface area contributed by atoms with Crippen molar-refractivity contribution in [1.29, 1.82) is 0 Å². The third-order valence-corrected chi connectivity index (χ3v) is 3.92. The summed E-state index contributed by atoms with van der Waals surface area (Å²) >= 11 is 0. The minimum absolute atomic E-state index is 0.118. The maximum Gasteiger partial charge on any atom is 0.256 e. The van der Waals surface area contributed by atoms with Crippen LogP contribution in [0.4, 0.5) is 5.69 Å². The summed E-state index contributed by atoms with van der Waals surface area (Å²) in [4.78, 5) is 12.5. The number of anilines is 1. The Balaban J connectivity index is 2.76. The largest absolute Gasteiger partial charge is 0.493 e. The van der Waals surface area contributed by atoms with Gasteiger partial charge in [-0.25, -0.2) is 0 Å². The van der Waals surface area contributed by atoms with Crippen LogP contribution in [0.15, 0.2) is 18.2 Å². The molecule has 1 amide bonds. The number of nitrogens with one attached hydrogen (secondary N) is 1. The van der Waals surface area contributed by atoms with Crippen molar-refractivity contribution >= 4 is 11.6 Å². The number of unbranched alkanes of at least 4 members (excludes halogenated alkanes) is 1. The fourth-order valence-corrected chi connectivity index (χ4v) is 2.53. The summed E-state index contributed by atoms with van der Waals surface area (Å²) < 4.78 is 11.2. The van der Waals surface area contributed by atoms with Crippen LogP contribution in [0.3, 0.4) is 0 Å². The van der Waals surface area contributed by atoms with Gasteiger partial charge in [-0.2, -0.15) is 0 Å². The van der Waals surface area contributed by atoms with Crippen molar-refractivity contribution in [3.63, 3.8) is 0 Å². The molecule has 0 spiro atoms. The van der Waals surface area contributed by atoms with E-state index in [0.717, 1.165) is 36.4 Å². The van der Waals surface area contributed by atoms with Crippen LogP contribution in [-0.2, 0) is 9.53 Å². The molecule has 1 atom stereocenters. The molecule has 0 fully saturated rings. The molecular weight excluding hydrogens is 290 g/mol. The second-order valence-electron chi connectivity index (χ2n) is 6.67. The highest BCUT2D eigenvalue weighted by molar-refractivity contribution is 5.97. The molecule has 0 aliphatic carbocycles. The molecule has 1 aromatic rings. The van der Waals surface area contributed by atoms with Gasteiger partial charge in [0.2, 0.25) is 0 Å². The van der Waals surface area contributed by atoms with Gasteiger partial charge in [-0.05, 0) is 56.4 Å². The number of hydrogen-bond acceptors (Lipinski definition) is 3. The first-order valence-corrected chi connectivity index (χ1v) is 8.42. The first-order chi connectivity index (χ1) is 10.8. The number of ether oxygens (including phenoxy) is 2. The summed E-state index contributed by atoms with van der Waals surface area (Å²) in [6.07, 6.45) is 2.82. The smallest absolute Gasteiger partial charge is 0.256 e. The van der Waals surface area contributed by atoms with Gasteiger partial charge in [0.25, 0.3) is 5.91 Å². The second kappa shape index (κ2) is 8.92. The van der Waals surface area contributed by atoms with Crippen LogP contribution in [0.1, 0.15) is 52.5 Å². The number of benzene rings is 1. The lowest BCUT2D eigenvalue weighted by Crippen LogP contribution is -2.43. The molecular formula is C19H31NO3. The number of amides is 1. The van der Waals surface area contributed by atoms with E-state index in [0.29, 0.717) is 12.3 Å². The Morgan fingerprint density at radius 1 is 1.35 bits per heavy atom. The third-order valence-electron chi connectivity index (χ3n) is 3.92. The molecule has 0 aliphatic heterocycles. The molecule has 0 aliphatic rings. The molecule has 4 nitrogen and oxygen atoms in total. The number of carbonyl (C=O) groups excluding carboxylic acids is 1. The molecule has 0 saturated heterocycles. The van der Waals surface area contributed by atoms with Crippen molar-refractivity contribution < 1.29 is 14.3 Å².